The fourth-order valence-corrected chi connectivity index (χ4v) is 1.71. The number of anilines is 1. The van der Waals surface area contributed by atoms with Gasteiger partial charge in [-0.25, -0.2) is 4.79 Å². The van der Waals surface area contributed by atoms with Crippen molar-refractivity contribution in [1.29, 1.82) is 5.26 Å². The number of fused-ring (bicyclic) bond motifs is 1. The molecule has 0 spiro atoms. The molecular formula is C12H7N5O2. The average Bonchev–Trinajstić information content (AvgIpc) is 2.79. The van der Waals surface area contributed by atoms with Crippen LogP contribution in [-0.2, 0) is 0 Å². The van der Waals surface area contributed by atoms with Gasteiger partial charge in [-0.15, -0.1) is 10.2 Å². The third-order valence-electron chi connectivity index (χ3n) is 2.57. The molecule has 0 atom stereocenters. The van der Waals surface area contributed by atoms with Gasteiger partial charge in [-0.05, 0) is 24.3 Å². The van der Waals surface area contributed by atoms with Gasteiger partial charge in [0.1, 0.15) is 0 Å². The summed E-state index contributed by atoms with van der Waals surface area (Å²) in [5.74, 6) is -0.118. The van der Waals surface area contributed by atoms with Gasteiger partial charge in [0.15, 0.2) is 17.6 Å². The van der Waals surface area contributed by atoms with Gasteiger partial charge in [0.05, 0.1) is 11.2 Å². The first-order chi connectivity index (χ1) is 9.26. The number of aromatic nitrogens is 3. The molecule has 3 rings (SSSR count). The number of nitriles is 1. The summed E-state index contributed by atoms with van der Waals surface area (Å²) < 4.78 is 4.98. The van der Waals surface area contributed by atoms with Crippen molar-refractivity contribution in [3.8, 4) is 17.5 Å². The van der Waals surface area contributed by atoms with E-state index in [1.54, 1.807) is 36.5 Å². The SMILES string of the molecule is N#CNc1ccc(-c2ccc3[nH]c(=O)oc3c2)nn1. The minimum atomic E-state index is -0.494. The molecule has 0 saturated heterocycles. The minimum absolute atomic E-state index is 0.375. The Bertz CT molecular complexity index is 826. The highest BCUT2D eigenvalue weighted by Crippen LogP contribution is 2.21. The Balaban J connectivity index is 2.03. The number of hydrogen-bond acceptors (Lipinski definition) is 6. The Labute approximate surface area is 106 Å². The fourth-order valence-electron chi connectivity index (χ4n) is 1.71. The van der Waals surface area contributed by atoms with Crippen molar-refractivity contribution in [3.05, 3.63) is 40.9 Å². The largest absolute Gasteiger partial charge is 0.417 e. The molecule has 19 heavy (non-hydrogen) atoms. The van der Waals surface area contributed by atoms with E-state index in [4.69, 9.17) is 9.68 Å². The molecule has 0 saturated carbocycles. The molecule has 0 aliphatic carbocycles. The molecule has 0 aliphatic heterocycles. The second-order valence-electron chi connectivity index (χ2n) is 3.77. The van der Waals surface area contributed by atoms with E-state index in [1.165, 1.54) is 0 Å². The monoisotopic (exact) mass is 253 g/mol. The summed E-state index contributed by atoms with van der Waals surface area (Å²) in [5, 5.41) is 18.7. The third kappa shape index (κ3) is 2.02. The number of oxazole rings is 1. The van der Waals surface area contributed by atoms with Crippen LogP contribution < -0.4 is 11.1 Å². The van der Waals surface area contributed by atoms with Crippen LogP contribution in [-0.4, -0.2) is 15.2 Å². The highest BCUT2D eigenvalue weighted by Gasteiger charge is 2.05. The van der Waals surface area contributed by atoms with Gasteiger partial charge >= 0.3 is 5.76 Å². The summed E-state index contributed by atoms with van der Waals surface area (Å²) in [6.07, 6.45) is 1.76. The predicted molar refractivity (Wildman–Crippen MR) is 67.1 cm³/mol. The molecule has 7 nitrogen and oxygen atoms in total. The molecule has 2 N–H and O–H groups in total. The third-order valence-corrected chi connectivity index (χ3v) is 2.57. The van der Waals surface area contributed by atoms with E-state index in [0.29, 0.717) is 22.6 Å². The summed E-state index contributed by atoms with van der Waals surface area (Å²) in [4.78, 5) is 13.6. The van der Waals surface area contributed by atoms with Gasteiger partial charge in [-0.1, -0.05) is 6.07 Å². The maximum atomic E-state index is 11.1. The van der Waals surface area contributed by atoms with Crippen LogP contribution in [0.25, 0.3) is 22.4 Å². The Kier molecular flexibility index (Phi) is 2.47. The van der Waals surface area contributed by atoms with Crippen LogP contribution in [0, 0.1) is 11.5 Å². The van der Waals surface area contributed by atoms with Crippen LogP contribution in [0.15, 0.2) is 39.5 Å². The van der Waals surface area contributed by atoms with Crippen LogP contribution in [0.4, 0.5) is 5.82 Å². The lowest BCUT2D eigenvalue weighted by Gasteiger charge is -2.00. The Hall–Kier alpha value is -3.14. The first-order valence-electron chi connectivity index (χ1n) is 5.38. The Morgan fingerprint density at radius 3 is 2.89 bits per heavy atom. The minimum Gasteiger partial charge on any atom is -0.408 e. The maximum Gasteiger partial charge on any atom is 0.417 e. The molecule has 0 radical (unpaired) electrons. The second-order valence-corrected chi connectivity index (χ2v) is 3.77. The van der Waals surface area contributed by atoms with E-state index in [0.717, 1.165) is 5.56 Å². The van der Waals surface area contributed by atoms with Crippen molar-refractivity contribution in [2.45, 2.75) is 0 Å². The van der Waals surface area contributed by atoms with E-state index in [9.17, 15) is 4.79 Å². The zero-order valence-electron chi connectivity index (χ0n) is 9.54. The van der Waals surface area contributed by atoms with Crippen LogP contribution >= 0.6 is 0 Å². The normalized spacial score (nSPS) is 10.3. The van der Waals surface area contributed by atoms with Gasteiger partial charge in [0.25, 0.3) is 0 Å². The fraction of sp³-hybridized carbons (Fsp3) is 0. The van der Waals surface area contributed by atoms with Gasteiger partial charge < -0.3 is 4.42 Å². The molecule has 7 heteroatoms. The predicted octanol–water partition coefficient (Wildman–Crippen LogP) is 1.47. The molecule has 2 heterocycles. The zero-order valence-corrected chi connectivity index (χ0v) is 9.54. The zero-order chi connectivity index (χ0) is 13.2. The summed E-state index contributed by atoms with van der Waals surface area (Å²) in [6.45, 7) is 0. The number of benzene rings is 1. The lowest BCUT2D eigenvalue weighted by atomic mass is 10.1. The molecule has 3 aromatic rings. The van der Waals surface area contributed by atoms with Crippen molar-refractivity contribution in [2.75, 3.05) is 5.32 Å². The quantitative estimate of drug-likeness (QED) is 0.529. The lowest BCUT2D eigenvalue weighted by molar-refractivity contribution is 0.555. The van der Waals surface area contributed by atoms with E-state index < -0.39 is 5.76 Å². The maximum absolute atomic E-state index is 11.1. The van der Waals surface area contributed by atoms with Gasteiger partial charge in [0.2, 0.25) is 0 Å². The molecule has 0 unspecified atom stereocenters. The van der Waals surface area contributed by atoms with E-state index in [1.807, 2.05) is 0 Å². The number of hydrogen-bond donors (Lipinski definition) is 2. The molecule has 92 valence electrons. The summed E-state index contributed by atoms with van der Waals surface area (Å²) >= 11 is 0. The first kappa shape index (κ1) is 11.0. The standard InChI is InChI=1S/C12H7N5O2/c13-6-14-11-4-3-8(16-17-11)7-1-2-9-10(5-7)19-12(18)15-9/h1-5H,(H,14,17)(H,15,18). The first-order valence-corrected chi connectivity index (χ1v) is 5.38. The van der Waals surface area contributed by atoms with E-state index in [2.05, 4.69) is 20.5 Å². The van der Waals surface area contributed by atoms with Crippen molar-refractivity contribution < 1.29 is 4.42 Å². The number of H-pyrrole nitrogens is 1. The van der Waals surface area contributed by atoms with Crippen LogP contribution in [0.1, 0.15) is 0 Å². The van der Waals surface area contributed by atoms with Gasteiger partial charge in [0, 0.05) is 5.56 Å². The van der Waals surface area contributed by atoms with Crippen molar-refractivity contribution in [2.24, 2.45) is 0 Å². The second kappa shape index (κ2) is 4.27. The molecule has 0 amide bonds. The van der Waals surface area contributed by atoms with E-state index in [-0.39, 0.29) is 0 Å². The highest BCUT2D eigenvalue weighted by atomic mass is 16.4. The topological polar surface area (TPSA) is 108 Å². The Morgan fingerprint density at radius 2 is 2.16 bits per heavy atom. The van der Waals surface area contributed by atoms with E-state index >= 15 is 0 Å². The van der Waals surface area contributed by atoms with Crippen molar-refractivity contribution >= 4 is 16.9 Å². The molecule has 0 fully saturated rings. The molecule has 0 bridgehead atoms. The smallest absolute Gasteiger partial charge is 0.408 e. The van der Waals surface area contributed by atoms with Crippen LogP contribution in [0.3, 0.4) is 0 Å². The summed E-state index contributed by atoms with van der Waals surface area (Å²) in [7, 11) is 0. The average molecular weight is 253 g/mol. The number of nitrogens with one attached hydrogen (secondary N) is 2. The number of rotatable bonds is 2. The van der Waals surface area contributed by atoms with Gasteiger partial charge in [-0.3, -0.25) is 10.3 Å². The molecular weight excluding hydrogens is 246 g/mol. The van der Waals surface area contributed by atoms with Crippen molar-refractivity contribution in [1.82, 2.24) is 15.2 Å². The van der Waals surface area contributed by atoms with Crippen LogP contribution in [0.2, 0.25) is 0 Å². The van der Waals surface area contributed by atoms with Gasteiger partial charge in [-0.2, -0.15) is 5.26 Å². The summed E-state index contributed by atoms with van der Waals surface area (Å²) in [6, 6.07) is 8.60. The molecule has 0 aliphatic rings. The highest BCUT2D eigenvalue weighted by molar-refractivity contribution is 5.78. The number of aromatic amines is 1. The number of nitrogens with zero attached hydrogens (tertiary/aromatic N) is 3. The van der Waals surface area contributed by atoms with Crippen molar-refractivity contribution in [3.63, 3.8) is 0 Å². The Morgan fingerprint density at radius 1 is 1.26 bits per heavy atom. The summed E-state index contributed by atoms with van der Waals surface area (Å²) in [5.41, 5.74) is 2.48. The lowest BCUT2D eigenvalue weighted by Crippen LogP contribution is -1.94. The van der Waals surface area contributed by atoms with Crippen LogP contribution in [0.5, 0.6) is 0 Å². The molecule has 1 aromatic carbocycles. The molecule has 2 aromatic heterocycles.